The molecule has 1 aliphatic heterocycles. The molecular formula is C54H32N4. The van der Waals surface area contributed by atoms with E-state index in [9.17, 15) is 0 Å². The van der Waals surface area contributed by atoms with Crippen molar-refractivity contribution in [3.63, 3.8) is 0 Å². The first-order valence-corrected chi connectivity index (χ1v) is 19.8. The monoisotopic (exact) mass is 736 g/mol. The summed E-state index contributed by atoms with van der Waals surface area (Å²) in [5.74, 6) is 0.863. The summed E-state index contributed by atoms with van der Waals surface area (Å²) < 4.78 is 4.73. The number of fused-ring (bicyclic) bond motifs is 13. The Hall–Kier alpha value is -7.82. The van der Waals surface area contributed by atoms with Crippen LogP contribution in [0.2, 0.25) is 0 Å². The number of rotatable bonds is 3. The molecule has 4 heterocycles. The summed E-state index contributed by atoms with van der Waals surface area (Å²) >= 11 is 0. The second-order valence-electron chi connectivity index (χ2n) is 15.3. The first-order chi connectivity index (χ1) is 28.8. The lowest BCUT2D eigenvalue weighted by molar-refractivity contribution is 1.09. The summed E-state index contributed by atoms with van der Waals surface area (Å²) in [5, 5.41) is 7.37. The maximum atomic E-state index is 5.33. The summed E-state index contributed by atoms with van der Waals surface area (Å²) in [6.45, 7) is 0. The van der Waals surface area contributed by atoms with Gasteiger partial charge in [-0.05, 0) is 93.2 Å². The van der Waals surface area contributed by atoms with Gasteiger partial charge in [-0.15, -0.1) is 0 Å². The molecule has 4 heteroatoms. The second-order valence-corrected chi connectivity index (χ2v) is 15.3. The molecule has 9 aromatic carbocycles. The largest absolute Gasteiger partial charge is 0.309 e. The molecule has 0 fully saturated rings. The minimum Gasteiger partial charge on any atom is -0.309 e. The van der Waals surface area contributed by atoms with E-state index in [1.807, 2.05) is 12.1 Å². The van der Waals surface area contributed by atoms with E-state index in [0.717, 1.165) is 39.1 Å². The second kappa shape index (κ2) is 11.8. The van der Waals surface area contributed by atoms with Crippen molar-refractivity contribution < 1.29 is 0 Å². The van der Waals surface area contributed by atoms with Crippen LogP contribution in [-0.2, 0) is 0 Å². The molecule has 0 aliphatic carbocycles. The van der Waals surface area contributed by atoms with Crippen molar-refractivity contribution in [3.05, 3.63) is 194 Å². The van der Waals surface area contributed by atoms with Crippen molar-refractivity contribution >= 4 is 65.4 Å². The number of hydrogen-bond donors (Lipinski definition) is 0. The third kappa shape index (κ3) is 4.34. The van der Waals surface area contributed by atoms with Gasteiger partial charge in [0.25, 0.3) is 0 Å². The van der Waals surface area contributed by atoms with Gasteiger partial charge < -0.3 is 4.57 Å². The zero-order valence-corrected chi connectivity index (χ0v) is 31.3. The van der Waals surface area contributed by atoms with Crippen LogP contribution in [0.4, 0.5) is 0 Å². The molecule has 0 spiro atoms. The Balaban J connectivity index is 1.01. The lowest BCUT2D eigenvalue weighted by Gasteiger charge is -2.13. The van der Waals surface area contributed by atoms with Gasteiger partial charge in [-0.2, -0.15) is 0 Å². The van der Waals surface area contributed by atoms with Gasteiger partial charge in [0.2, 0.25) is 0 Å². The standard InChI is InChI=1S/C54H32N4/c1-2-13-35(14-3-1)57-49-26-9-6-16-41(49)45-31-33(27-29-50(45)57)36-18-10-21-39-37(19-11-20-38(36)39)34-28-30-51-46(32-34)44-23-12-22-43-40-15-4-5-17-42(40)52-54(58(51)53(43)44)56-48-25-8-7-24-47(48)55-52/h1-32H. The van der Waals surface area contributed by atoms with Gasteiger partial charge in [0.1, 0.15) is 5.69 Å². The Morgan fingerprint density at radius 3 is 1.57 bits per heavy atom. The van der Waals surface area contributed by atoms with Crippen LogP contribution in [0.3, 0.4) is 0 Å². The molecular weight excluding hydrogens is 705 g/mol. The maximum absolute atomic E-state index is 5.33. The molecule has 0 N–H and O–H groups in total. The molecule has 0 unspecified atom stereocenters. The third-order valence-corrected chi connectivity index (χ3v) is 12.3. The van der Waals surface area contributed by atoms with Crippen molar-refractivity contribution in [2.45, 2.75) is 0 Å². The molecule has 4 nitrogen and oxygen atoms in total. The van der Waals surface area contributed by atoms with Crippen molar-refractivity contribution in [2.24, 2.45) is 0 Å². The molecule has 0 amide bonds. The molecule has 58 heavy (non-hydrogen) atoms. The number of aromatic nitrogens is 4. The fourth-order valence-electron chi connectivity index (χ4n) is 9.73. The highest BCUT2D eigenvalue weighted by atomic mass is 15.1. The first kappa shape index (κ1) is 31.4. The molecule has 0 saturated heterocycles. The van der Waals surface area contributed by atoms with Crippen LogP contribution >= 0.6 is 0 Å². The molecule has 0 atom stereocenters. The van der Waals surface area contributed by atoms with Crippen LogP contribution in [0.15, 0.2) is 194 Å². The van der Waals surface area contributed by atoms with Gasteiger partial charge in [0.05, 0.1) is 33.1 Å². The minimum absolute atomic E-state index is 0.863. The molecule has 3 aromatic heterocycles. The van der Waals surface area contributed by atoms with E-state index in [-0.39, 0.29) is 0 Å². The Bertz CT molecular complexity index is 3680. The SMILES string of the molecule is c1ccc(-n2c3ccccc3c3cc(-c4cccc5c(-c6ccc7c(c6)c6cccc8c6n7-c6nc7ccccc7nc6-c6ccccc6-8)cccc45)ccc32)cc1. The van der Waals surface area contributed by atoms with E-state index in [0.29, 0.717) is 0 Å². The highest BCUT2D eigenvalue weighted by Crippen LogP contribution is 2.47. The van der Waals surface area contributed by atoms with Gasteiger partial charge in [-0.3, -0.25) is 4.57 Å². The van der Waals surface area contributed by atoms with Gasteiger partial charge in [-0.25, -0.2) is 9.97 Å². The Kier molecular flexibility index (Phi) is 6.41. The van der Waals surface area contributed by atoms with Crippen LogP contribution in [0.25, 0.3) is 122 Å². The third-order valence-electron chi connectivity index (χ3n) is 12.3. The zero-order valence-electron chi connectivity index (χ0n) is 31.3. The molecule has 12 aromatic rings. The number of para-hydroxylation sites is 5. The number of benzene rings is 9. The summed E-state index contributed by atoms with van der Waals surface area (Å²) in [7, 11) is 0. The summed E-state index contributed by atoms with van der Waals surface area (Å²) in [4.78, 5) is 10.6. The van der Waals surface area contributed by atoms with Crippen molar-refractivity contribution in [1.29, 1.82) is 0 Å². The zero-order chi connectivity index (χ0) is 37.9. The highest BCUT2D eigenvalue weighted by molar-refractivity contribution is 6.18. The van der Waals surface area contributed by atoms with Crippen LogP contribution in [0.1, 0.15) is 0 Å². The molecule has 0 saturated carbocycles. The fraction of sp³-hybridized carbons (Fsp3) is 0. The fourth-order valence-corrected chi connectivity index (χ4v) is 9.73. The molecule has 13 rings (SSSR count). The Morgan fingerprint density at radius 1 is 0.310 bits per heavy atom. The summed E-state index contributed by atoms with van der Waals surface area (Å²) in [5.41, 5.74) is 16.8. The molecule has 0 bridgehead atoms. The topological polar surface area (TPSA) is 35.6 Å². The minimum atomic E-state index is 0.863. The number of hydrogen-bond acceptors (Lipinski definition) is 2. The van der Waals surface area contributed by atoms with Crippen molar-refractivity contribution in [3.8, 4) is 56.1 Å². The lowest BCUT2D eigenvalue weighted by Crippen LogP contribution is -2.02. The normalized spacial score (nSPS) is 12.1. The van der Waals surface area contributed by atoms with Gasteiger partial charge in [-0.1, -0.05) is 140 Å². The lowest BCUT2D eigenvalue weighted by atomic mass is 9.92. The van der Waals surface area contributed by atoms with Crippen LogP contribution in [-0.4, -0.2) is 19.1 Å². The van der Waals surface area contributed by atoms with Crippen molar-refractivity contribution in [1.82, 2.24) is 19.1 Å². The van der Waals surface area contributed by atoms with Gasteiger partial charge in [0.15, 0.2) is 5.82 Å². The van der Waals surface area contributed by atoms with Crippen LogP contribution < -0.4 is 0 Å². The molecule has 1 aliphatic rings. The maximum Gasteiger partial charge on any atom is 0.165 e. The van der Waals surface area contributed by atoms with Crippen molar-refractivity contribution in [2.75, 3.05) is 0 Å². The smallest absolute Gasteiger partial charge is 0.165 e. The Labute approximate surface area is 333 Å². The Morgan fingerprint density at radius 2 is 0.828 bits per heavy atom. The average Bonchev–Trinajstić information content (AvgIpc) is 3.77. The van der Waals surface area contributed by atoms with E-state index < -0.39 is 0 Å². The molecule has 268 valence electrons. The van der Waals surface area contributed by atoms with E-state index >= 15 is 0 Å². The van der Waals surface area contributed by atoms with Gasteiger partial charge in [0, 0.05) is 38.4 Å². The van der Waals surface area contributed by atoms with E-state index in [1.54, 1.807) is 0 Å². The summed E-state index contributed by atoms with van der Waals surface area (Å²) in [6, 6.07) is 70.3. The predicted octanol–water partition coefficient (Wildman–Crippen LogP) is 14.0. The van der Waals surface area contributed by atoms with E-state index in [2.05, 4.69) is 191 Å². The molecule has 0 radical (unpaired) electrons. The number of nitrogens with zero attached hydrogens (tertiary/aromatic N) is 4. The average molecular weight is 737 g/mol. The predicted molar refractivity (Wildman–Crippen MR) is 241 cm³/mol. The van der Waals surface area contributed by atoms with Gasteiger partial charge >= 0.3 is 0 Å². The summed E-state index contributed by atoms with van der Waals surface area (Å²) in [6.07, 6.45) is 0. The quantitative estimate of drug-likeness (QED) is 0.181. The van der Waals surface area contributed by atoms with E-state index in [1.165, 1.54) is 82.4 Å². The highest BCUT2D eigenvalue weighted by Gasteiger charge is 2.27. The first-order valence-electron chi connectivity index (χ1n) is 19.8. The van der Waals surface area contributed by atoms with Crippen LogP contribution in [0, 0.1) is 0 Å². The van der Waals surface area contributed by atoms with E-state index in [4.69, 9.17) is 9.97 Å². The van der Waals surface area contributed by atoms with Crippen LogP contribution in [0.5, 0.6) is 0 Å².